The van der Waals surface area contributed by atoms with Crippen LogP contribution in [0.25, 0.3) is 11.3 Å². The van der Waals surface area contributed by atoms with E-state index in [0.29, 0.717) is 11.3 Å². The molecule has 1 N–H and O–H groups in total. The molecule has 0 bridgehead atoms. The zero-order chi connectivity index (χ0) is 14.7. The molecule has 0 spiro atoms. The van der Waals surface area contributed by atoms with Crippen LogP contribution in [0.2, 0.25) is 0 Å². The number of aldehydes is 1. The van der Waals surface area contributed by atoms with E-state index >= 15 is 0 Å². The van der Waals surface area contributed by atoms with Crippen molar-refractivity contribution in [3.63, 3.8) is 0 Å². The van der Waals surface area contributed by atoms with Gasteiger partial charge in [0.05, 0.1) is 5.56 Å². The highest BCUT2D eigenvalue weighted by atomic mass is 16.1. The van der Waals surface area contributed by atoms with E-state index in [1.54, 1.807) is 23.0 Å². The van der Waals surface area contributed by atoms with Gasteiger partial charge in [-0.15, -0.1) is 0 Å². The lowest BCUT2D eigenvalue weighted by molar-refractivity contribution is -0.114. The molecule has 1 aromatic carbocycles. The molecule has 0 fully saturated rings. The molecule has 104 valence electrons. The normalized spacial score (nSPS) is 10.6. The molecule has 20 heavy (non-hydrogen) atoms. The van der Waals surface area contributed by atoms with Crippen LogP contribution in [-0.2, 0) is 4.79 Å². The maximum absolute atomic E-state index is 11.1. The number of benzene rings is 1. The van der Waals surface area contributed by atoms with Crippen LogP contribution in [-0.4, -0.2) is 22.0 Å². The fourth-order valence-corrected chi connectivity index (χ4v) is 1.90. The van der Waals surface area contributed by atoms with Crippen LogP contribution >= 0.6 is 0 Å². The number of carbonyl (C=O) groups is 2. The summed E-state index contributed by atoms with van der Waals surface area (Å²) in [5.74, 6) is -0.115. The van der Waals surface area contributed by atoms with Crippen molar-refractivity contribution in [2.24, 2.45) is 0 Å². The van der Waals surface area contributed by atoms with Crippen LogP contribution in [0.15, 0.2) is 30.5 Å². The smallest absolute Gasteiger partial charge is 0.221 e. The third-order valence-electron chi connectivity index (χ3n) is 2.90. The second kappa shape index (κ2) is 5.69. The lowest BCUT2D eigenvalue weighted by atomic mass is 10.1. The SMILES string of the molecule is CC(=O)Nc1ccc(-c2nn(C(C)C)cc2C=O)cc1. The molecule has 2 aromatic rings. The Bertz CT molecular complexity index is 627. The zero-order valence-electron chi connectivity index (χ0n) is 11.8. The molecule has 0 unspecified atom stereocenters. The third-order valence-corrected chi connectivity index (χ3v) is 2.90. The summed E-state index contributed by atoms with van der Waals surface area (Å²) in [7, 11) is 0. The van der Waals surface area contributed by atoms with E-state index in [4.69, 9.17) is 0 Å². The molecule has 1 aromatic heterocycles. The Hall–Kier alpha value is -2.43. The zero-order valence-corrected chi connectivity index (χ0v) is 11.8. The molecule has 0 saturated carbocycles. The van der Waals surface area contributed by atoms with Crippen LogP contribution in [0.3, 0.4) is 0 Å². The second-order valence-corrected chi connectivity index (χ2v) is 4.88. The molecular weight excluding hydrogens is 254 g/mol. The molecule has 0 atom stereocenters. The molecule has 0 aliphatic heterocycles. The number of carbonyl (C=O) groups excluding carboxylic acids is 2. The van der Waals surface area contributed by atoms with Gasteiger partial charge in [0.1, 0.15) is 5.69 Å². The Morgan fingerprint density at radius 3 is 2.45 bits per heavy atom. The lowest BCUT2D eigenvalue weighted by Gasteiger charge is -2.05. The number of hydrogen-bond donors (Lipinski definition) is 1. The van der Waals surface area contributed by atoms with Crippen molar-refractivity contribution in [3.8, 4) is 11.3 Å². The molecular formula is C15H17N3O2. The highest BCUT2D eigenvalue weighted by Gasteiger charge is 2.12. The van der Waals surface area contributed by atoms with E-state index in [1.807, 2.05) is 26.0 Å². The van der Waals surface area contributed by atoms with E-state index in [-0.39, 0.29) is 11.9 Å². The largest absolute Gasteiger partial charge is 0.326 e. The third kappa shape index (κ3) is 2.93. The Kier molecular flexibility index (Phi) is 3.98. The first-order valence-electron chi connectivity index (χ1n) is 6.43. The fraction of sp³-hybridized carbons (Fsp3) is 0.267. The summed E-state index contributed by atoms with van der Waals surface area (Å²) in [5.41, 5.74) is 2.78. The first-order valence-corrected chi connectivity index (χ1v) is 6.43. The summed E-state index contributed by atoms with van der Waals surface area (Å²) in [4.78, 5) is 22.1. The highest BCUT2D eigenvalue weighted by Crippen LogP contribution is 2.24. The molecule has 1 heterocycles. The molecule has 0 saturated heterocycles. The van der Waals surface area contributed by atoms with Crippen molar-refractivity contribution >= 4 is 17.9 Å². The molecule has 2 rings (SSSR count). The molecule has 0 aliphatic carbocycles. The first-order chi connectivity index (χ1) is 9.51. The minimum atomic E-state index is -0.115. The van der Waals surface area contributed by atoms with Gasteiger partial charge in [-0.25, -0.2) is 0 Å². The van der Waals surface area contributed by atoms with E-state index in [2.05, 4.69) is 10.4 Å². The van der Waals surface area contributed by atoms with Crippen LogP contribution < -0.4 is 5.32 Å². The molecule has 0 aliphatic rings. The molecule has 5 nitrogen and oxygen atoms in total. The van der Waals surface area contributed by atoms with Gasteiger partial charge < -0.3 is 5.32 Å². The van der Waals surface area contributed by atoms with Crippen LogP contribution in [0, 0.1) is 0 Å². The van der Waals surface area contributed by atoms with Crippen molar-refractivity contribution in [1.29, 1.82) is 0 Å². The van der Waals surface area contributed by atoms with E-state index < -0.39 is 0 Å². The van der Waals surface area contributed by atoms with E-state index in [9.17, 15) is 9.59 Å². The predicted octanol–water partition coefficient (Wildman–Crippen LogP) is 2.90. The van der Waals surface area contributed by atoms with Gasteiger partial charge in [0.2, 0.25) is 5.91 Å². The first kappa shape index (κ1) is 14.0. The second-order valence-electron chi connectivity index (χ2n) is 4.88. The maximum Gasteiger partial charge on any atom is 0.221 e. The van der Waals surface area contributed by atoms with Crippen molar-refractivity contribution in [2.75, 3.05) is 5.32 Å². The standard InChI is InChI=1S/C15H17N3O2/c1-10(2)18-8-13(9-19)15(17-18)12-4-6-14(7-5-12)16-11(3)20/h4-10H,1-3H3,(H,16,20). The Morgan fingerprint density at radius 1 is 1.30 bits per heavy atom. The van der Waals surface area contributed by atoms with Gasteiger partial charge in [0, 0.05) is 30.4 Å². The quantitative estimate of drug-likeness (QED) is 0.870. The van der Waals surface area contributed by atoms with E-state index in [0.717, 1.165) is 17.5 Å². The monoisotopic (exact) mass is 271 g/mol. The Morgan fingerprint density at radius 2 is 1.95 bits per heavy atom. The van der Waals surface area contributed by atoms with Crippen molar-refractivity contribution in [1.82, 2.24) is 9.78 Å². The van der Waals surface area contributed by atoms with Crippen molar-refractivity contribution in [2.45, 2.75) is 26.8 Å². The number of anilines is 1. The summed E-state index contributed by atoms with van der Waals surface area (Å²) in [5, 5.41) is 7.14. The number of hydrogen-bond acceptors (Lipinski definition) is 3. The summed E-state index contributed by atoms with van der Waals surface area (Å²) in [6.45, 7) is 5.47. The van der Waals surface area contributed by atoms with Gasteiger partial charge in [-0.1, -0.05) is 12.1 Å². The Balaban J connectivity index is 2.35. The van der Waals surface area contributed by atoms with Crippen LogP contribution in [0.5, 0.6) is 0 Å². The van der Waals surface area contributed by atoms with Crippen LogP contribution in [0.4, 0.5) is 5.69 Å². The molecule has 5 heteroatoms. The van der Waals surface area contributed by atoms with Gasteiger partial charge in [-0.2, -0.15) is 5.10 Å². The summed E-state index contributed by atoms with van der Waals surface area (Å²) in [6, 6.07) is 7.46. The minimum Gasteiger partial charge on any atom is -0.326 e. The van der Waals surface area contributed by atoms with Gasteiger partial charge >= 0.3 is 0 Å². The minimum absolute atomic E-state index is 0.115. The van der Waals surface area contributed by atoms with Crippen molar-refractivity contribution < 1.29 is 9.59 Å². The summed E-state index contributed by atoms with van der Waals surface area (Å²) in [6.07, 6.45) is 2.55. The van der Waals surface area contributed by atoms with Gasteiger partial charge in [-0.3, -0.25) is 14.3 Å². The van der Waals surface area contributed by atoms with Gasteiger partial charge in [-0.05, 0) is 26.0 Å². The summed E-state index contributed by atoms with van der Waals surface area (Å²) >= 11 is 0. The van der Waals surface area contributed by atoms with E-state index in [1.165, 1.54) is 6.92 Å². The van der Waals surface area contributed by atoms with Crippen LogP contribution in [0.1, 0.15) is 37.2 Å². The number of aromatic nitrogens is 2. The molecule has 0 radical (unpaired) electrons. The Labute approximate surface area is 117 Å². The number of nitrogens with zero attached hydrogens (tertiary/aromatic N) is 2. The number of nitrogens with one attached hydrogen (secondary N) is 1. The number of amides is 1. The highest BCUT2D eigenvalue weighted by molar-refractivity contribution is 5.89. The number of rotatable bonds is 4. The van der Waals surface area contributed by atoms with Gasteiger partial charge in [0.15, 0.2) is 6.29 Å². The fourth-order valence-electron chi connectivity index (χ4n) is 1.90. The average Bonchev–Trinajstić information content (AvgIpc) is 2.83. The summed E-state index contributed by atoms with van der Waals surface area (Å²) < 4.78 is 1.76. The molecule has 1 amide bonds. The average molecular weight is 271 g/mol. The maximum atomic E-state index is 11.1. The van der Waals surface area contributed by atoms with Gasteiger partial charge in [0.25, 0.3) is 0 Å². The predicted molar refractivity (Wildman–Crippen MR) is 77.7 cm³/mol. The topological polar surface area (TPSA) is 64.0 Å². The van der Waals surface area contributed by atoms with Crippen molar-refractivity contribution in [3.05, 3.63) is 36.0 Å². The lowest BCUT2D eigenvalue weighted by Crippen LogP contribution is -2.05.